The van der Waals surface area contributed by atoms with Crippen LogP contribution in [0.2, 0.25) is 0 Å². The predicted octanol–water partition coefficient (Wildman–Crippen LogP) is -3.04. The fourth-order valence-corrected chi connectivity index (χ4v) is 6.24. The van der Waals surface area contributed by atoms with E-state index in [0.29, 0.717) is 12.8 Å². The Balaban J connectivity index is 0.00000324. The summed E-state index contributed by atoms with van der Waals surface area (Å²) in [7, 11) is 0. The molecule has 15 atom stereocenters. The molecule has 0 bridgehead atoms. The number of aliphatic hydroxyl groups is 9. The molecule has 4 fully saturated rings. The Bertz CT molecular complexity index is 634. The second-order valence-corrected chi connectivity index (χ2v) is 10.5. The van der Waals surface area contributed by atoms with Crippen molar-refractivity contribution < 1.29 is 74.9 Å². The van der Waals surface area contributed by atoms with Crippen LogP contribution in [0.1, 0.15) is 44.9 Å². The molecule has 1 heterocycles. The van der Waals surface area contributed by atoms with Gasteiger partial charge in [0, 0.05) is 31.3 Å². The molecule has 0 amide bonds. The molecule has 0 aromatic carbocycles. The number of hydrogen-bond acceptors (Lipinski definition) is 11. The Morgan fingerprint density at radius 2 is 1.18 bits per heavy atom. The Kier molecular flexibility index (Phi) is 9.90. The van der Waals surface area contributed by atoms with Crippen LogP contribution in [-0.4, -0.2) is 119 Å². The molecule has 3 aliphatic carbocycles. The molecule has 4 unspecified atom stereocenters. The molecule has 0 spiro atoms. The molecule has 4 rings (SSSR count). The molecule has 3 saturated carbocycles. The third kappa shape index (κ3) is 6.01. The average molecular weight is 544 g/mol. The van der Waals surface area contributed by atoms with E-state index >= 15 is 0 Å². The van der Waals surface area contributed by atoms with Crippen molar-refractivity contribution in [1.29, 1.82) is 0 Å². The van der Waals surface area contributed by atoms with Crippen molar-refractivity contribution in [3.63, 3.8) is 0 Å². The summed E-state index contributed by atoms with van der Waals surface area (Å²) >= 11 is 0. The van der Waals surface area contributed by atoms with E-state index in [9.17, 15) is 46.0 Å². The number of hydrogen-bond donors (Lipinski definition) is 9. The number of fused-ring (bicyclic) bond motifs is 1. The summed E-state index contributed by atoms with van der Waals surface area (Å²) in [6.07, 6.45) is -10.9. The fourth-order valence-electron chi connectivity index (χ4n) is 6.24. The van der Waals surface area contributed by atoms with Gasteiger partial charge in [0.25, 0.3) is 0 Å². The first-order valence-electron chi connectivity index (χ1n) is 12.0. The zero-order valence-electron chi connectivity index (χ0n) is 19.2. The third-order valence-electron chi connectivity index (χ3n) is 8.13. The molecular formula is C22H38O11Zn. The average Bonchev–Trinajstić information content (AvgIpc) is 2.75. The normalized spacial score (nSPS) is 52.9. The maximum atomic E-state index is 10.8. The molecule has 11 nitrogen and oxygen atoms in total. The summed E-state index contributed by atoms with van der Waals surface area (Å²) in [5.41, 5.74) is 0. The van der Waals surface area contributed by atoms with Crippen LogP contribution < -0.4 is 0 Å². The van der Waals surface area contributed by atoms with Gasteiger partial charge in [-0.25, -0.2) is 0 Å². The molecule has 34 heavy (non-hydrogen) atoms. The van der Waals surface area contributed by atoms with Gasteiger partial charge in [-0.3, -0.25) is 0 Å². The molecule has 0 aromatic rings. The van der Waals surface area contributed by atoms with Gasteiger partial charge in [0.2, 0.25) is 0 Å². The molecule has 1 saturated heterocycles. The zero-order valence-corrected chi connectivity index (χ0v) is 22.1. The summed E-state index contributed by atoms with van der Waals surface area (Å²) in [6, 6.07) is 0. The smallest absolute Gasteiger partial charge is 0.158 e. The van der Waals surface area contributed by atoms with Crippen LogP contribution >= 0.6 is 0 Å². The summed E-state index contributed by atoms with van der Waals surface area (Å²) in [4.78, 5) is 0. The van der Waals surface area contributed by atoms with E-state index in [2.05, 4.69) is 0 Å². The summed E-state index contributed by atoms with van der Waals surface area (Å²) in [5, 5.41) is 91.5. The van der Waals surface area contributed by atoms with Crippen molar-refractivity contribution in [2.75, 3.05) is 0 Å². The van der Waals surface area contributed by atoms with Gasteiger partial charge in [0.05, 0.1) is 54.9 Å². The van der Waals surface area contributed by atoms with Crippen molar-refractivity contribution in [2.24, 2.45) is 17.8 Å². The van der Waals surface area contributed by atoms with Crippen LogP contribution in [0, 0.1) is 17.8 Å². The summed E-state index contributed by atoms with van der Waals surface area (Å²) in [5.74, 6) is -1.38. The van der Waals surface area contributed by atoms with Gasteiger partial charge in [-0.15, -0.1) is 0 Å². The van der Waals surface area contributed by atoms with Crippen LogP contribution in [0.25, 0.3) is 0 Å². The monoisotopic (exact) mass is 542 g/mol. The zero-order chi connectivity index (χ0) is 24.0. The second kappa shape index (κ2) is 11.7. The molecule has 9 N–H and O–H groups in total. The van der Waals surface area contributed by atoms with Crippen molar-refractivity contribution in [2.45, 2.75) is 118 Å². The van der Waals surface area contributed by atoms with Crippen molar-refractivity contribution in [3.8, 4) is 0 Å². The Morgan fingerprint density at radius 3 is 1.74 bits per heavy atom. The molecule has 12 heteroatoms. The van der Waals surface area contributed by atoms with Crippen LogP contribution in [0.5, 0.6) is 0 Å². The first-order valence-corrected chi connectivity index (χ1v) is 12.0. The van der Waals surface area contributed by atoms with E-state index in [1.165, 1.54) is 0 Å². The second-order valence-electron chi connectivity index (χ2n) is 10.5. The Hall–Kier alpha value is 0.183. The van der Waals surface area contributed by atoms with Gasteiger partial charge >= 0.3 is 0 Å². The maximum Gasteiger partial charge on any atom is 0.158 e. The third-order valence-corrected chi connectivity index (χ3v) is 8.13. The SMILES string of the molecule is OC1[C@H](O)CC([C@H](O)O[C@H]2C[C@H]3[C@@H](O)C[C@@H](O)C[C@H]3O[C@@H]2C2C[C@@H](O)C(O)[C@@H](O)C2)C[C@@H]1O.[Zn]. The molecule has 4 aliphatic rings. The van der Waals surface area contributed by atoms with Crippen molar-refractivity contribution in [3.05, 3.63) is 0 Å². The summed E-state index contributed by atoms with van der Waals surface area (Å²) in [6.45, 7) is 0. The molecule has 1 aliphatic heterocycles. The minimum absolute atomic E-state index is 0. The van der Waals surface area contributed by atoms with Crippen LogP contribution in [-0.2, 0) is 29.0 Å². The molecule has 194 valence electrons. The number of rotatable bonds is 4. The number of aliphatic hydroxyl groups excluding tert-OH is 9. The van der Waals surface area contributed by atoms with Gasteiger partial charge in [0.1, 0.15) is 12.2 Å². The first kappa shape index (κ1) is 28.8. The van der Waals surface area contributed by atoms with Gasteiger partial charge in [-0.2, -0.15) is 0 Å². The van der Waals surface area contributed by atoms with E-state index in [1.54, 1.807) is 0 Å². The maximum absolute atomic E-state index is 10.8. The molecule has 0 aromatic heterocycles. The number of ether oxygens (including phenoxy) is 2. The van der Waals surface area contributed by atoms with E-state index in [4.69, 9.17) is 9.47 Å². The van der Waals surface area contributed by atoms with E-state index < -0.39 is 85.3 Å². The minimum atomic E-state index is -1.38. The largest absolute Gasteiger partial charge is 0.393 e. The molecule has 0 radical (unpaired) electrons. The van der Waals surface area contributed by atoms with Crippen LogP contribution in [0.3, 0.4) is 0 Å². The summed E-state index contributed by atoms with van der Waals surface area (Å²) < 4.78 is 12.2. The van der Waals surface area contributed by atoms with Crippen molar-refractivity contribution in [1.82, 2.24) is 0 Å². The minimum Gasteiger partial charge on any atom is -0.393 e. The van der Waals surface area contributed by atoms with Crippen molar-refractivity contribution >= 4 is 0 Å². The van der Waals surface area contributed by atoms with E-state index in [0.717, 1.165) is 0 Å². The predicted molar refractivity (Wildman–Crippen MR) is 110 cm³/mol. The van der Waals surface area contributed by atoms with Crippen LogP contribution in [0.4, 0.5) is 0 Å². The van der Waals surface area contributed by atoms with E-state index in [1.807, 2.05) is 0 Å². The van der Waals surface area contributed by atoms with Crippen LogP contribution in [0.15, 0.2) is 0 Å². The standard InChI is InChI=1S/C22H38O11.Zn/c23-10-5-12(24)11-7-18(33-22(31)9-3-15(27)20(30)16(28)4-9)21(32-17(11)6-10)8-1-13(25)19(29)14(26)2-8;/h8-31H,1-7H2;/t8?,9?,10-,11+,12+,13-,14+,15-,16+,17-,18+,19?,20?,21-,22-;/m1./s1. The Morgan fingerprint density at radius 1 is 0.647 bits per heavy atom. The first-order chi connectivity index (χ1) is 15.5. The van der Waals surface area contributed by atoms with Gasteiger partial charge < -0.3 is 55.4 Å². The van der Waals surface area contributed by atoms with Gasteiger partial charge in [-0.05, 0) is 50.9 Å². The molecular weight excluding hydrogens is 506 g/mol. The fraction of sp³-hybridized carbons (Fsp3) is 1.00. The van der Waals surface area contributed by atoms with E-state index in [-0.39, 0.29) is 57.5 Å². The Labute approximate surface area is 211 Å². The quantitative estimate of drug-likeness (QED) is 0.129. The van der Waals surface area contributed by atoms with Gasteiger partial charge in [0.15, 0.2) is 6.29 Å². The topological polar surface area (TPSA) is 201 Å². The van der Waals surface area contributed by atoms with Gasteiger partial charge in [-0.1, -0.05) is 0 Å².